The molecular formula is C14H18BrNO2. The van der Waals surface area contributed by atoms with Crippen molar-refractivity contribution in [2.45, 2.75) is 44.8 Å². The summed E-state index contributed by atoms with van der Waals surface area (Å²) in [5, 5.41) is 3.04. The first-order valence-corrected chi connectivity index (χ1v) is 7.17. The average Bonchev–Trinajstić information content (AvgIpc) is 2.84. The maximum Gasteiger partial charge on any atom is 0.260 e. The molecule has 4 heteroatoms. The van der Waals surface area contributed by atoms with Crippen LogP contribution in [0.15, 0.2) is 28.7 Å². The summed E-state index contributed by atoms with van der Waals surface area (Å²) < 4.78 is 6.52. The zero-order valence-corrected chi connectivity index (χ0v) is 12.1. The van der Waals surface area contributed by atoms with Crippen molar-refractivity contribution in [1.29, 1.82) is 0 Å². The molecular weight excluding hydrogens is 294 g/mol. The van der Waals surface area contributed by atoms with Gasteiger partial charge in [-0.1, -0.05) is 25.0 Å². The maximum absolute atomic E-state index is 12.0. The fourth-order valence-corrected chi connectivity index (χ4v) is 2.55. The lowest BCUT2D eigenvalue weighted by Gasteiger charge is -2.18. The Bertz CT molecular complexity index is 416. The molecule has 1 amide bonds. The summed E-state index contributed by atoms with van der Waals surface area (Å²) in [6.45, 7) is 1.78. The van der Waals surface area contributed by atoms with Crippen LogP contribution in [0.2, 0.25) is 0 Å². The van der Waals surface area contributed by atoms with Crippen LogP contribution >= 0.6 is 15.9 Å². The number of nitrogens with one attached hydrogen (secondary N) is 1. The maximum atomic E-state index is 12.0. The van der Waals surface area contributed by atoms with E-state index >= 15 is 0 Å². The van der Waals surface area contributed by atoms with Gasteiger partial charge in [0.15, 0.2) is 6.10 Å². The van der Waals surface area contributed by atoms with Crippen LogP contribution in [0.1, 0.15) is 32.6 Å². The van der Waals surface area contributed by atoms with Gasteiger partial charge in [-0.05, 0) is 47.8 Å². The lowest BCUT2D eigenvalue weighted by Crippen LogP contribution is -2.41. The van der Waals surface area contributed by atoms with E-state index in [0.717, 1.165) is 17.3 Å². The van der Waals surface area contributed by atoms with Crippen LogP contribution in [0.3, 0.4) is 0 Å². The van der Waals surface area contributed by atoms with Crippen molar-refractivity contribution < 1.29 is 9.53 Å². The molecule has 0 aliphatic heterocycles. The number of carbonyl (C=O) groups excluding carboxylic acids is 1. The molecule has 0 heterocycles. The minimum atomic E-state index is -0.468. The summed E-state index contributed by atoms with van der Waals surface area (Å²) in [5.74, 6) is 0.671. The second-order valence-electron chi connectivity index (χ2n) is 4.68. The summed E-state index contributed by atoms with van der Waals surface area (Å²) in [6, 6.07) is 7.89. The highest BCUT2D eigenvalue weighted by molar-refractivity contribution is 9.10. The van der Waals surface area contributed by atoms with Crippen molar-refractivity contribution >= 4 is 21.8 Å². The normalized spacial score (nSPS) is 17.4. The third-order valence-corrected chi connectivity index (χ3v) is 3.87. The van der Waals surface area contributed by atoms with E-state index in [-0.39, 0.29) is 5.91 Å². The zero-order valence-electron chi connectivity index (χ0n) is 10.5. The second kappa shape index (κ2) is 6.23. The molecule has 0 saturated heterocycles. The molecule has 1 aromatic rings. The highest BCUT2D eigenvalue weighted by Gasteiger charge is 2.21. The Balaban J connectivity index is 1.89. The Labute approximate surface area is 116 Å². The number of hydrogen-bond donors (Lipinski definition) is 1. The Morgan fingerprint density at radius 3 is 2.72 bits per heavy atom. The van der Waals surface area contributed by atoms with Crippen molar-refractivity contribution in [2.75, 3.05) is 0 Å². The SMILES string of the molecule is CC(Oc1ccccc1Br)C(=O)NC1CCCC1. The van der Waals surface area contributed by atoms with E-state index in [2.05, 4.69) is 21.2 Å². The largest absolute Gasteiger partial charge is 0.480 e. The van der Waals surface area contributed by atoms with Gasteiger partial charge in [0.05, 0.1) is 4.47 Å². The molecule has 1 saturated carbocycles. The van der Waals surface area contributed by atoms with Crippen molar-refractivity contribution in [3.63, 3.8) is 0 Å². The van der Waals surface area contributed by atoms with E-state index in [1.165, 1.54) is 12.8 Å². The van der Waals surface area contributed by atoms with Crippen LogP contribution in [-0.2, 0) is 4.79 Å². The summed E-state index contributed by atoms with van der Waals surface area (Å²) in [6.07, 6.45) is 4.14. The van der Waals surface area contributed by atoms with Gasteiger partial charge in [-0.25, -0.2) is 0 Å². The van der Waals surface area contributed by atoms with Gasteiger partial charge < -0.3 is 10.1 Å². The third kappa shape index (κ3) is 3.48. The lowest BCUT2D eigenvalue weighted by atomic mass is 10.2. The highest BCUT2D eigenvalue weighted by Crippen LogP contribution is 2.25. The van der Waals surface area contributed by atoms with Crippen LogP contribution < -0.4 is 10.1 Å². The third-order valence-electron chi connectivity index (χ3n) is 3.21. The van der Waals surface area contributed by atoms with Crippen LogP contribution in [0.4, 0.5) is 0 Å². The molecule has 1 aliphatic rings. The molecule has 1 fully saturated rings. The van der Waals surface area contributed by atoms with Crippen molar-refractivity contribution in [3.8, 4) is 5.75 Å². The van der Waals surface area contributed by atoms with Crippen LogP contribution in [0, 0.1) is 0 Å². The van der Waals surface area contributed by atoms with Gasteiger partial charge >= 0.3 is 0 Å². The number of rotatable bonds is 4. The van der Waals surface area contributed by atoms with Gasteiger partial charge in [-0.15, -0.1) is 0 Å². The fourth-order valence-electron chi connectivity index (χ4n) is 2.17. The minimum Gasteiger partial charge on any atom is -0.480 e. The van der Waals surface area contributed by atoms with Crippen LogP contribution in [-0.4, -0.2) is 18.1 Å². The smallest absolute Gasteiger partial charge is 0.260 e. The van der Waals surface area contributed by atoms with E-state index in [4.69, 9.17) is 4.74 Å². The van der Waals surface area contributed by atoms with E-state index < -0.39 is 6.10 Å². The molecule has 0 radical (unpaired) electrons. The van der Waals surface area contributed by atoms with E-state index in [1.807, 2.05) is 24.3 Å². The molecule has 18 heavy (non-hydrogen) atoms. The number of benzene rings is 1. The van der Waals surface area contributed by atoms with Gasteiger partial charge in [0.25, 0.3) is 5.91 Å². The van der Waals surface area contributed by atoms with Gasteiger partial charge in [0.1, 0.15) is 5.75 Å². The predicted molar refractivity (Wildman–Crippen MR) is 74.6 cm³/mol. The van der Waals surface area contributed by atoms with Crippen LogP contribution in [0.5, 0.6) is 5.75 Å². The van der Waals surface area contributed by atoms with Crippen LogP contribution in [0.25, 0.3) is 0 Å². The Kier molecular flexibility index (Phi) is 4.64. The van der Waals surface area contributed by atoms with Crippen molar-refractivity contribution in [3.05, 3.63) is 28.7 Å². The van der Waals surface area contributed by atoms with Crippen molar-refractivity contribution in [1.82, 2.24) is 5.32 Å². The standard InChI is InChI=1S/C14H18BrNO2/c1-10(14(17)16-11-6-2-3-7-11)18-13-9-5-4-8-12(13)15/h4-5,8-11H,2-3,6-7H2,1H3,(H,16,17). The van der Waals surface area contributed by atoms with Gasteiger partial charge in [-0.2, -0.15) is 0 Å². The first-order chi connectivity index (χ1) is 8.66. The molecule has 1 N–H and O–H groups in total. The monoisotopic (exact) mass is 311 g/mol. The topological polar surface area (TPSA) is 38.3 Å². The summed E-state index contributed by atoms with van der Waals surface area (Å²) in [4.78, 5) is 12.0. The number of hydrogen-bond acceptors (Lipinski definition) is 2. The Morgan fingerprint density at radius 2 is 2.06 bits per heavy atom. The average molecular weight is 312 g/mol. The molecule has 1 aromatic carbocycles. The van der Waals surface area contributed by atoms with E-state index in [0.29, 0.717) is 11.8 Å². The Morgan fingerprint density at radius 1 is 1.39 bits per heavy atom. The van der Waals surface area contributed by atoms with Gasteiger partial charge in [-0.3, -0.25) is 4.79 Å². The second-order valence-corrected chi connectivity index (χ2v) is 5.53. The Hall–Kier alpha value is -1.03. The van der Waals surface area contributed by atoms with Crippen molar-refractivity contribution in [2.24, 2.45) is 0 Å². The molecule has 1 atom stereocenters. The number of ether oxygens (including phenoxy) is 1. The quantitative estimate of drug-likeness (QED) is 0.926. The first kappa shape index (κ1) is 13.4. The molecule has 98 valence electrons. The molecule has 1 unspecified atom stereocenters. The summed E-state index contributed by atoms with van der Waals surface area (Å²) in [5.41, 5.74) is 0. The fraction of sp³-hybridized carbons (Fsp3) is 0.500. The molecule has 0 spiro atoms. The first-order valence-electron chi connectivity index (χ1n) is 6.38. The zero-order chi connectivity index (χ0) is 13.0. The predicted octanol–water partition coefficient (Wildman–Crippen LogP) is 3.28. The number of amides is 1. The number of carbonyl (C=O) groups is 1. The van der Waals surface area contributed by atoms with E-state index in [9.17, 15) is 4.79 Å². The van der Waals surface area contributed by atoms with Gasteiger partial charge in [0.2, 0.25) is 0 Å². The van der Waals surface area contributed by atoms with Gasteiger partial charge in [0, 0.05) is 6.04 Å². The molecule has 2 rings (SSSR count). The van der Waals surface area contributed by atoms with E-state index in [1.54, 1.807) is 6.92 Å². The molecule has 1 aliphatic carbocycles. The minimum absolute atomic E-state index is 0.0300. The summed E-state index contributed by atoms with van der Waals surface area (Å²) in [7, 11) is 0. The number of para-hydroxylation sites is 1. The number of halogens is 1. The molecule has 0 aromatic heterocycles. The summed E-state index contributed by atoms with van der Waals surface area (Å²) >= 11 is 3.41. The molecule has 3 nitrogen and oxygen atoms in total. The highest BCUT2D eigenvalue weighted by atomic mass is 79.9. The molecule has 0 bridgehead atoms. The lowest BCUT2D eigenvalue weighted by molar-refractivity contribution is -0.127.